The Morgan fingerprint density at radius 3 is 2.58 bits per heavy atom. The van der Waals surface area contributed by atoms with Gasteiger partial charge in [0.05, 0.1) is 12.9 Å². The molecule has 0 atom stereocenters. The smallest absolute Gasteiger partial charge is 0.332 e. The van der Waals surface area contributed by atoms with Gasteiger partial charge in [-0.15, -0.1) is 0 Å². The minimum Gasteiger partial charge on any atom is -0.334 e. The minimum absolute atomic E-state index is 0.182. The van der Waals surface area contributed by atoms with Crippen molar-refractivity contribution in [3.8, 4) is 11.5 Å². The highest BCUT2D eigenvalue weighted by molar-refractivity contribution is 6.30. The molecule has 4 aromatic rings. The second kappa shape index (κ2) is 5.95. The number of nitrogens with zero attached hydrogens (tertiary/aromatic N) is 6. The largest absolute Gasteiger partial charge is 0.334 e. The number of aryl methyl sites for hydroxylation is 1. The van der Waals surface area contributed by atoms with Gasteiger partial charge in [-0.05, 0) is 24.3 Å². The maximum Gasteiger partial charge on any atom is 0.332 e. The Morgan fingerprint density at radius 2 is 1.85 bits per heavy atom. The van der Waals surface area contributed by atoms with Crippen molar-refractivity contribution in [2.45, 2.75) is 6.54 Å². The number of rotatable bonds is 3. The molecule has 1 aromatic carbocycles. The fourth-order valence-corrected chi connectivity index (χ4v) is 2.82. The molecular formula is C16H13ClN6O3. The van der Waals surface area contributed by atoms with Crippen molar-refractivity contribution in [3.05, 3.63) is 62.3 Å². The Morgan fingerprint density at radius 1 is 1.12 bits per heavy atom. The van der Waals surface area contributed by atoms with Gasteiger partial charge in [-0.3, -0.25) is 13.9 Å². The van der Waals surface area contributed by atoms with E-state index in [0.717, 1.165) is 10.1 Å². The lowest BCUT2D eigenvalue weighted by Crippen LogP contribution is -2.37. The molecule has 9 nitrogen and oxygen atoms in total. The van der Waals surface area contributed by atoms with Crippen LogP contribution < -0.4 is 11.2 Å². The van der Waals surface area contributed by atoms with E-state index in [0.29, 0.717) is 27.9 Å². The van der Waals surface area contributed by atoms with Crippen LogP contribution in [0, 0.1) is 0 Å². The molecule has 10 heteroatoms. The predicted molar refractivity (Wildman–Crippen MR) is 94.1 cm³/mol. The normalized spacial score (nSPS) is 11.3. The van der Waals surface area contributed by atoms with Gasteiger partial charge in [0.15, 0.2) is 17.0 Å². The van der Waals surface area contributed by atoms with Crippen LogP contribution in [0.25, 0.3) is 22.6 Å². The maximum absolute atomic E-state index is 12.4. The van der Waals surface area contributed by atoms with Gasteiger partial charge in [0, 0.05) is 24.7 Å². The van der Waals surface area contributed by atoms with E-state index in [-0.39, 0.29) is 6.54 Å². The molecule has 0 saturated heterocycles. The third-order valence-electron chi connectivity index (χ3n) is 4.09. The van der Waals surface area contributed by atoms with E-state index in [2.05, 4.69) is 15.1 Å². The summed E-state index contributed by atoms with van der Waals surface area (Å²) in [5, 5.41) is 4.55. The van der Waals surface area contributed by atoms with Gasteiger partial charge >= 0.3 is 5.69 Å². The molecule has 26 heavy (non-hydrogen) atoms. The van der Waals surface area contributed by atoms with Gasteiger partial charge in [0.2, 0.25) is 0 Å². The first kappa shape index (κ1) is 16.3. The second-order valence-corrected chi connectivity index (χ2v) is 6.21. The Balaban J connectivity index is 1.74. The lowest BCUT2D eigenvalue weighted by molar-refractivity contribution is 0.421. The highest BCUT2D eigenvalue weighted by Gasteiger charge is 2.16. The monoisotopic (exact) mass is 372 g/mol. The van der Waals surface area contributed by atoms with E-state index in [1.165, 1.54) is 17.9 Å². The second-order valence-electron chi connectivity index (χ2n) is 5.77. The van der Waals surface area contributed by atoms with E-state index >= 15 is 0 Å². The summed E-state index contributed by atoms with van der Waals surface area (Å²) in [7, 11) is 2.99. The molecular weight excluding hydrogens is 360 g/mol. The number of aromatic nitrogens is 6. The lowest BCUT2D eigenvalue weighted by Gasteiger charge is -2.04. The molecule has 132 valence electrons. The molecule has 0 aliphatic carbocycles. The summed E-state index contributed by atoms with van der Waals surface area (Å²) in [5.41, 5.74) is 0.480. The summed E-state index contributed by atoms with van der Waals surface area (Å²) in [4.78, 5) is 32.9. The Hall–Kier alpha value is -3.20. The highest BCUT2D eigenvalue weighted by Crippen LogP contribution is 2.20. The number of hydrogen-bond acceptors (Lipinski definition) is 6. The molecule has 0 bridgehead atoms. The summed E-state index contributed by atoms with van der Waals surface area (Å²) >= 11 is 5.87. The first-order valence-corrected chi connectivity index (χ1v) is 8.03. The van der Waals surface area contributed by atoms with Crippen LogP contribution in [0.5, 0.6) is 0 Å². The van der Waals surface area contributed by atoms with E-state index in [1.807, 2.05) is 0 Å². The SMILES string of the molecule is Cn1c(=O)c2c(ncn2Cc2noc(-c3ccc(Cl)cc3)n2)n(C)c1=O. The van der Waals surface area contributed by atoms with Crippen molar-refractivity contribution in [1.29, 1.82) is 0 Å². The standard InChI is InChI=1S/C16H13ClN6O3/c1-21-13-12(15(24)22(2)16(21)25)23(8-18-13)7-11-19-14(26-20-11)9-3-5-10(17)6-4-9/h3-6,8H,7H2,1-2H3. The van der Waals surface area contributed by atoms with Crippen LogP contribution in [0.3, 0.4) is 0 Å². The molecule has 0 N–H and O–H groups in total. The van der Waals surface area contributed by atoms with E-state index in [4.69, 9.17) is 16.1 Å². The molecule has 0 radical (unpaired) electrons. The number of hydrogen-bond donors (Lipinski definition) is 0. The number of benzene rings is 1. The van der Waals surface area contributed by atoms with E-state index in [9.17, 15) is 9.59 Å². The van der Waals surface area contributed by atoms with Gasteiger partial charge in [0.25, 0.3) is 11.4 Å². The van der Waals surface area contributed by atoms with E-state index < -0.39 is 11.2 Å². The molecule has 3 aromatic heterocycles. The van der Waals surface area contributed by atoms with Gasteiger partial charge < -0.3 is 9.09 Å². The van der Waals surface area contributed by atoms with Crippen molar-refractivity contribution < 1.29 is 4.52 Å². The van der Waals surface area contributed by atoms with Crippen LogP contribution in [-0.2, 0) is 20.6 Å². The molecule has 0 unspecified atom stereocenters. The molecule has 0 spiro atoms. The Labute approximate surface area is 151 Å². The van der Waals surface area contributed by atoms with Gasteiger partial charge in [-0.1, -0.05) is 16.8 Å². The zero-order valence-electron chi connectivity index (χ0n) is 13.9. The first-order valence-electron chi connectivity index (χ1n) is 7.65. The van der Waals surface area contributed by atoms with Crippen LogP contribution in [-0.4, -0.2) is 28.8 Å². The average Bonchev–Trinajstić information content (AvgIpc) is 3.26. The van der Waals surface area contributed by atoms with Crippen LogP contribution in [0.1, 0.15) is 5.82 Å². The molecule has 0 aliphatic rings. The lowest BCUT2D eigenvalue weighted by atomic mass is 10.2. The quantitative estimate of drug-likeness (QED) is 0.535. The molecule has 0 aliphatic heterocycles. The number of fused-ring (bicyclic) bond motifs is 1. The summed E-state index contributed by atoms with van der Waals surface area (Å²) < 4.78 is 9.22. The fraction of sp³-hybridized carbons (Fsp3) is 0.188. The van der Waals surface area contributed by atoms with Crippen molar-refractivity contribution in [2.75, 3.05) is 0 Å². The third kappa shape index (κ3) is 2.53. The molecule has 0 saturated carbocycles. The Kier molecular flexibility index (Phi) is 3.73. The molecule has 0 amide bonds. The van der Waals surface area contributed by atoms with Crippen LogP contribution >= 0.6 is 11.6 Å². The maximum atomic E-state index is 12.4. The predicted octanol–water partition coefficient (Wildman–Crippen LogP) is 1.19. The third-order valence-corrected chi connectivity index (χ3v) is 4.34. The van der Waals surface area contributed by atoms with Crippen molar-refractivity contribution in [3.63, 3.8) is 0 Å². The van der Waals surface area contributed by atoms with Crippen LogP contribution in [0.15, 0.2) is 44.7 Å². The van der Waals surface area contributed by atoms with Crippen LogP contribution in [0.4, 0.5) is 0 Å². The Bertz CT molecular complexity index is 1230. The number of halogens is 1. The van der Waals surface area contributed by atoms with Gasteiger partial charge in [0.1, 0.15) is 0 Å². The van der Waals surface area contributed by atoms with E-state index in [1.54, 1.807) is 35.9 Å². The highest BCUT2D eigenvalue weighted by atomic mass is 35.5. The minimum atomic E-state index is -0.433. The fourth-order valence-electron chi connectivity index (χ4n) is 2.70. The van der Waals surface area contributed by atoms with Gasteiger partial charge in [-0.2, -0.15) is 4.98 Å². The van der Waals surface area contributed by atoms with Gasteiger partial charge in [-0.25, -0.2) is 9.78 Å². The number of imidazole rings is 1. The topological polar surface area (TPSA) is 101 Å². The summed E-state index contributed by atoms with van der Waals surface area (Å²) in [6.07, 6.45) is 1.48. The molecule has 0 fully saturated rings. The first-order chi connectivity index (χ1) is 12.5. The van der Waals surface area contributed by atoms with Crippen molar-refractivity contribution in [1.82, 2.24) is 28.8 Å². The zero-order valence-corrected chi connectivity index (χ0v) is 14.6. The average molecular weight is 373 g/mol. The summed E-state index contributed by atoms with van der Waals surface area (Å²) in [5.74, 6) is 0.728. The summed E-state index contributed by atoms with van der Waals surface area (Å²) in [6, 6.07) is 7.01. The molecule has 4 rings (SSSR count). The zero-order chi connectivity index (χ0) is 18.4. The van der Waals surface area contributed by atoms with Crippen molar-refractivity contribution >= 4 is 22.8 Å². The van der Waals surface area contributed by atoms with Crippen LogP contribution in [0.2, 0.25) is 5.02 Å². The summed E-state index contributed by atoms with van der Waals surface area (Å²) in [6.45, 7) is 0.182. The van der Waals surface area contributed by atoms with Crippen molar-refractivity contribution in [2.24, 2.45) is 14.1 Å². The molecule has 3 heterocycles.